The molecule has 0 bridgehead atoms. The number of amides is 1. The minimum absolute atomic E-state index is 0.0311. The molecule has 1 aromatic rings. The van der Waals surface area contributed by atoms with Gasteiger partial charge in [-0.25, -0.2) is 0 Å². The Bertz CT molecular complexity index is 426. The number of morpholine rings is 1. The number of alkyl halides is 1. The van der Waals surface area contributed by atoms with E-state index in [1.54, 1.807) is 0 Å². The van der Waals surface area contributed by atoms with Crippen molar-refractivity contribution in [3.8, 4) is 0 Å². The van der Waals surface area contributed by atoms with Gasteiger partial charge in [-0.1, -0.05) is 27.3 Å². The fraction of sp³-hybridized carbons (Fsp3) is 0.727. The van der Waals surface area contributed by atoms with Crippen molar-refractivity contribution >= 4 is 33.4 Å². The number of aromatic nitrogens is 2. The molecule has 1 fully saturated rings. The molecule has 2 unspecified atom stereocenters. The van der Waals surface area contributed by atoms with Crippen molar-refractivity contribution in [3.63, 3.8) is 0 Å². The summed E-state index contributed by atoms with van der Waals surface area (Å²) in [5.41, 5.74) is 0.791. The van der Waals surface area contributed by atoms with Crippen molar-refractivity contribution in [2.75, 3.05) is 18.5 Å². The first-order chi connectivity index (χ1) is 8.67. The number of carbonyl (C=O) groups excluding carboxylic acids is 1. The Morgan fingerprint density at radius 2 is 2.44 bits per heavy atom. The van der Waals surface area contributed by atoms with E-state index in [-0.39, 0.29) is 18.1 Å². The minimum atomic E-state index is 0.0311. The molecule has 1 amide bonds. The molecule has 1 aliphatic heterocycles. The molecular formula is C11H16BrN3O2S. The van der Waals surface area contributed by atoms with E-state index in [0.717, 1.165) is 17.4 Å². The molecule has 1 saturated heterocycles. The third-order valence-electron chi connectivity index (χ3n) is 3.02. The third kappa shape index (κ3) is 2.73. The Morgan fingerprint density at radius 3 is 3.11 bits per heavy atom. The molecular weight excluding hydrogens is 318 g/mol. The zero-order valence-electron chi connectivity index (χ0n) is 10.4. The zero-order valence-corrected chi connectivity index (χ0v) is 12.8. The van der Waals surface area contributed by atoms with Crippen LogP contribution in [0.2, 0.25) is 0 Å². The van der Waals surface area contributed by atoms with Crippen LogP contribution in [0, 0.1) is 0 Å². The fourth-order valence-corrected chi connectivity index (χ4v) is 3.03. The summed E-state index contributed by atoms with van der Waals surface area (Å²) in [7, 11) is 0. The molecule has 0 saturated carbocycles. The summed E-state index contributed by atoms with van der Waals surface area (Å²) >= 11 is 4.58. The lowest BCUT2D eigenvalue weighted by molar-refractivity contribution is -0.0360. The molecule has 2 atom stereocenters. The van der Waals surface area contributed by atoms with Gasteiger partial charge in [-0.2, -0.15) is 0 Å². The maximum atomic E-state index is 12.5. The highest BCUT2D eigenvalue weighted by atomic mass is 79.9. The minimum Gasteiger partial charge on any atom is -0.373 e. The number of nitrogens with zero attached hydrogens (tertiary/aromatic N) is 3. The summed E-state index contributed by atoms with van der Waals surface area (Å²) in [4.78, 5) is 15.0. The van der Waals surface area contributed by atoms with Crippen LogP contribution in [-0.2, 0) is 11.2 Å². The number of ether oxygens (including phenoxy) is 1. The molecule has 2 rings (SSSR count). The van der Waals surface area contributed by atoms with Gasteiger partial charge in [0.1, 0.15) is 4.88 Å². The summed E-state index contributed by atoms with van der Waals surface area (Å²) in [6.45, 7) is 5.18. The molecule has 0 aromatic carbocycles. The van der Waals surface area contributed by atoms with Crippen LogP contribution in [0.5, 0.6) is 0 Å². The predicted octanol–water partition coefficient (Wildman–Crippen LogP) is 1.72. The Balaban J connectivity index is 2.16. The van der Waals surface area contributed by atoms with Gasteiger partial charge in [0.05, 0.1) is 24.4 Å². The predicted molar refractivity (Wildman–Crippen MR) is 73.3 cm³/mol. The lowest BCUT2D eigenvalue weighted by atomic mass is 10.2. The van der Waals surface area contributed by atoms with E-state index >= 15 is 0 Å². The van der Waals surface area contributed by atoms with E-state index in [9.17, 15) is 4.79 Å². The smallest absolute Gasteiger partial charge is 0.267 e. The maximum Gasteiger partial charge on any atom is 0.267 e. The Labute approximate surface area is 119 Å². The summed E-state index contributed by atoms with van der Waals surface area (Å²) in [5, 5.41) is 4.74. The van der Waals surface area contributed by atoms with Gasteiger partial charge < -0.3 is 9.64 Å². The molecule has 1 aromatic heterocycles. The van der Waals surface area contributed by atoms with Crippen molar-refractivity contribution in [3.05, 3.63) is 10.6 Å². The van der Waals surface area contributed by atoms with Gasteiger partial charge in [-0.15, -0.1) is 5.10 Å². The molecule has 2 heterocycles. The monoisotopic (exact) mass is 333 g/mol. The summed E-state index contributed by atoms with van der Waals surface area (Å²) in [6.07, 6.45) is 0.800. The van der Waals surface area contributed by atoms with Gasteiger partial charge in [0.15, 0.2) is 0 Å². The second kappa shape index (κ2) is 6.08. The van der Waals surface area contributed by atoms with Gasteiger partial charge >= 0.3 is 0 Å². The van der Waals surface area contributed by atoms with Crippen LogP contribution in [0.15, 0.2) is 0 Å². The number of hydrogen-bond donors (Lipinski definition) is 0. The number of aryl methyl sites for hydroxylation is 1. The highest BCUT2D eigenvalue weighted by molar-refractivity contribution is 9.09. The summed E-state index contributed by atoms with van der Waals surface area (Å²) in [6, 6.07) is 0.0969. The molecule has 0 aliphatic carbocycles. The summed E-state index contributed by atoms with van der Waals surface area (Å²) < 4.78 is 9.50. The second-order valence-corrected chi connectivity index (χ2v) is 5.72. The van der Waals surface area contributed by atoms with Crippen molar-refractivity contribution in [1.29, 1.82) is 0 Å². The second-order valence-electron chi connectivity index (χ2n) is 4.32. The SMILES string of the molecule is CCc1nnsc1C(=O)N1CC(CBr)OCC1C. The lowest BCUT2D eigenvalue weighted by Gasteiger charge is -2.37. The van der Waals surface area contributed by atoms with E-state index < -0.39 is 0 Å². The van der Waals surface area contributed by atoms with Crippen molar-refractivity contribution in [1.82, 2.24) is 14.5 Å². The van der Waals surface area contributed by atoms with Crippen molar-refractivity contribution in [2.45, 2.75) is 32.4 Å². The molecule has 7 heteroatoms. The van der Waals surface area contributed by atoms with E-state index in [2.05, 4.69) is 25.5 Å². The molecule has 5 nitrogen and oxygen atoms in total. The van der Waals surface area contributed by atoms with Gasteiger partial charge in [0, 0.05) is 11.9 Å². The number of hydrogen-bond acceptors (Lipinski definition) is 5. The van der Waals surface area contributed by atoms with E-state index in [1.165, 1.54) is 11.5 Å². The largest absolute Gasteiger partial charge is 0.373 e. The van der Waals surface area contributed by atoms with Gasteiger partial charge in [0.2, 0.25) is 0 Å². The number of carbonyl (C=O) groups is 1. The van der Waals surface area contributed by atoms with Crippen LogP contribution in [0.4, 0.5) is 0 Å². The van der Waals surface area contributed by atoms with Crippen LogP contribution in [0.3, 0.4) is 0 Å². The zero-order chi connectivity index (χ0) is 13.1. The molecule has 0 N–H and O–H groups in total. The van der Waals surface area contributed by atoms with E-state index in [1.807, 2.05) is 18.7 Å². The van der Waals surface area contributed by atoms with Gasteiger partial charge in [-0.3, -0.25) is 4.79 Å². The number of rotatable bonds is 3. The summed E-state index contributed by atoms with van der Waals surface area (Å²) in [5.74, 6) is 0.0311. The first-order valence-electron chi connectivity index (χ1n) is 5.97. The average Bonchev–Trinajstić information content (AvgIpc) is 2.86. The Kier molecular flexibility index (Phi) is 4.69. The molecule has 1 aliphatic rings. The van der Waals surface area contributed by atoms with Gasteiger partial charge in [-0.05, 0) is 24.9 Å². The fourth-order valence-electron chi connectivity index (χ4n) is 1.93. The van der Waals surface area contributed by atoms with E-state index in [0.29, 0.717) is 18.0 Å². The molecule has 0 radical (unpaired) electrons. The van der Waals surface area contributed by atoms with Crippen LogP contribution < -0.4 is 0 Å². The Hall–Kier alpha value is -0.530. The highest BCUT2D eigenvalue weighted by Crippen LogP contribution is 2.20. The van der Waals surface area contributed by atoms with Gasteiger partial charge in [0.25, 0.3) is 5.91 Å². The molecule has 100 valence electrons. The third-order valence-corrected chi connectivity index (χ3v) is 4.50. The first kappa shape index (κ1) is 13.9. The van der Waals surface area contributed by atoms with E-state index in [4.69, 9.17) is 4.74 Å². The van der Waals surface area contributed by atoms with Crippen LogP contribution in [-0.4, -0.2) is 51.0 Å². The van der Waals surface area contributed by atoms with Crippen LogP contribution >= 0.6 is 27.5 Å². The van der Waals surface area contributed by atoms with Crippen LogP contribution in [0.25, 0.3) is 0 Å². The molecule has 0 spiro atoms. The van der Waals surface area contributed by atoms with Crippen molar-refractivity contribution in [2.24, 2.45) is 0 Å². The Morgan fingerprint density at radius 1 is 1.67 bits per heavy atom. The standard InChI is InChI=1S/C11H16BrN3O2S/c1-3-9-10(18-14-13-9)11(16)15-5-8(4-12)17-6-7(15)2/h7-8H,3-6H2,1-2H3. The lowest BCUT2D eigenvalue weighted by Crippen LogP contribution is -2.51. The molecule has 18 heavy (non-hydrogen) atoms. The topological polar surface area (TPSA) is 55.3 Å². The quantitative estimate of drug-likeness (QED) is 0.790. The highest BCUT2D eigenvalue weighted by Gasteiger charge is 2.31. The normalized spacial score (nSPS) is 24.3. The average molecular weight is 334 g/mol. The van der Waals surface area contributed by atoms with Crippen LogP contribution in [0.1, 0.15) is 29.2 Å². The maximum absolute atomic E-state index is 12.5. The van der Waals surface area contributed by atoms with Crippen molar-refractivity contribution < 1.29 is 9.53 Å². The number of halogens is 1. The first-order valence-corrected chi connectivity index (χ1v) is 7.86.